The minimum atomic E-state index is -4.52. The molecule has 1 heterocycles. The van der Waals surface area contributed by atoms with Gasteiger partial charge in [-0.2, -0.15) is 13.2 Å². The molecule has 55 heavy (non-hydrogen) atoms. The maximum atomic E-state index is 14.9. The van der Waals surface area contributed by atoms with Gasteiger partial charge in [0.2, 0.25) is 5.41 Å². The molecule has 0 saturated heterocycles. The Labute approximate surface area is 312 Å². The largest absolute Gasteiger partial charge is 0.491 e. The van der Waals surface area contributed by atoms with Crippen molar-refractivity contribution in [2.24, 2.45) is 0 Å². The van der Waals surface area contributed by atoms with Crippen molar-refractivity contribution in [3.05, 3.63) is 113 Å². The van der Waals surface area contributed by atoms with Gasteiger partial charge in [0.15, 0.2) is 17.4 Å². The van der Waals surface area contributed by atoms with Crippen molar-refractivity contribution in [2.75, 3.05) is 46.3 Å². The van der Waals surface area contributed by atoms with Gasteiger partial charge >= 0.3 is 18.1 Å². The molecule has 0 saturated carbocycles. The number of carbonyl (C=O) groups is 5. The molecule has 0 unspecified atom stereocenters. The standard InChI is InChI=1S/C24H19F5N2O3.C14H17NO6/c1-31(2)23(33)19-18(12-17(25)21(34-3)20(19)26)30-22(32)16-7-5-4-6-15(16)13-8-10-14(11-9-13)24(27,28)29;1-3-20-12(17)14(9-19-10-16,13(18)21-4-2)11-7-5-6-8-15-11/h4-12H,1-3H3,(H,30,32);5-8,10H,3-4,9H2,1-2H3. The summed E-state index contributed by atoms with van der Waals surface area (Å²) in [5.41, 5.74) is -3.10. The average Bonchev–Trinajstić information content (AvgIpc) is 3.15. The summed E-state index contributed by atoms with van der Waals surface area (Å²) in [7, 11) is 3.73. The van der Waals surface area contributed by atoms with E-state index in [0.29, 0.717) is 5.56 Å². The monoisotopic (exact) mass is 773 g/mol. The Morgan fingerprint density at radius 2 is 1.47 bits per heavy atom. The summed E-state index contributed by atoms with van der Waals surface area (Å²) in [6, 6.07) is 15.7. The Morgan fingerprint density at radius 1 is 0.873 bits per heavy atom. The molecule has 17 heteroatoms. The number of alkyl halides is 3. The average molecular weight is 774 g/mol. The summed E-state index contributed by atoms with van der Waals surface area (Å²) in [5.74, 6) is -6.62. The lowest BCUT2D eigenvalue weighted by Crippen LogP contribution is -2.50. The van der Waals surface area contributed by atoms with Crippen LogP contribution in [0.15, 0.2) is 79.0 Å². The number of rotatable bonds is 13. The summed E-state index contributed by atoms with van der Waals surface area (Å²) in [4.78, 5) is 65.8. The molecule has 0 fully saturated rings. The molecule has 4 aromatic rings. The molecule has 0 aliphatic rings. The normalized spacial score (nSPS) is 10.9. The minimum Gasteiger partial charge on any atom is -0.491 e. The number of anilines is 1. The van der Waals surface area contributed by atoms with Crippen molar-refractivity contribution >= 4 is 35.9 Å². The third-order valence-corrected chi connectivity index (χ3v) is 7.66. The van der Waals surface area contributed by atoms with Crippen LogP contribution in [0.1, 0.15) is 45.8 Å². The number of benzene rings is 3. The summed E-state index contributed by atoms with van der Waals surface area (Å²) < 4.78 is 87.1. The second kappa shape index (κ2) is 19.1. The third-order valence-electron chi connectivity index (χ3n) is 7.66. The van der Waals surface area contributed by atoms with Gasteiger partial charge in [-0.25, -0.2) is 8.78 Å². The predicted octanol–water partition coefficient (Wildman–Crippen LogP) is 6.23. The third kappa shape index (κ3) is 9.98. The number of esters is 2. The van der Waals surface area contributed by atoms with E-state index in [1.54, 1.807) is 32.0 Å². The fourth-order valence-electron chi connectivity index (χ4n) is 5.05. The van der Waals surface area contributed by atoms with Gasteiger partial charge in [0, 0.05) is 31.9 Å². The van der Waals surface area contributed by atoms with Crippen LogP contribution in [0.4, 0.5) is 27.6 Å². The second-order valence-corrected chi connectivity index (χ2v) is 11.4. The maximum absolute atomic E-state index is 14.9. The summed E-state index contributed by atoms with van der Waals surface area (Å²) >= 11 is 0. The summed E-state index contributed by atoms with van der Waals surface area (Å²) in [6.07, 6.45) is -3.10. The number of amides is 2. The van der Waals surface area contributed by atoms with E-state index >= 15 is 0 Å². The maximum Gasteiger partial charge on any atom is 0.416 e. The van der Waals surface area contributed by atoms with Crippen molar-refractivity contribution in [1.29, 1.82) is 0 Å². The molecule has 3 aromatic carbocycles. The SMILES string of the molecule is CCOC(=O)C(COC=O)(C(=O)OCC)c1ccccn1.COc1c(F)cc(NC(=O)c2ccccc2-c2ccc(C(F)(F)F)cc2)c(C(=O)N(C)C)c1F. The van der Waals surface area contributed by atoms with Crippen LogP contribution in [0.5, 0.6) is 5.75 Å². The molecule has 0 bridgehead atoms. The number of hydrogen-bond donors (Lipinski definition) is 1. The molecule has 0 aliphatic heterocycles. The predicted molar refractivity (Wildman–Crippen MR) is 187 cm³/mol. The van der Waals surface area contributed by atoms with Crippen LogP contribution in [0.3, 0.4) is 0 Å². The highest BCUT2D eigenvalue weighted by Gasteiger charge is 2.53. The van der Waals surface area contributed by atoms with Crippen molar-refractivity contribution in [1.82, 2.24) is 9.88 Å². The van der Waals surface area contributed by atoms with E-state index in [1.807, 2.05) is 0 Å². The van der Waals surface area contributed by atoms with Crippen LogP contribution in [0.25, 0.3) is 11.1 Å². The molecule has 0 atom stereocenters. The number of nitrogens with zero attached hydrogens (tertiary/aromatic N) is 2. The van der Waals surface area contributed by atoms with E-state index in [1.165, 1.54) is 56.7 Å². The van der Waals surface area contributed by atoms with Gasteiger partial charge in [-0.15, -0.1) is 0 Å². The van der Waals surface area contributed by atoms with Crippen molar-refractivity contribution in [2.45, 2.75) is 25.4 Å². The fourth-order valence-corrected chi connectivity index (χ4v) is 5.05. The summed E-state index contributed by atoms with van der Waals surface area (Å²) in [5, 5.41) is 2.34. The number of halogens is 5. The first-order valence-corrected chi connectivity index (χ1v) is 16.3. The van der Waals surface area contributed by atoms with Crippen molar-refractivity contribution in [3.8, 4) is 16.9 Å². The van der Waals surface area contributed by atoms with Crippen LogP contribution < -0.4 is 10.1 Å². The zero-order valence-corrected chi connectivity index (χ0v) is 30.2. The van der Waals surface area contributed by atoms with E-state index < -0.39 is 76.1 Å². The molecular weight excluding hydrogens is 737 g/mol. The Morgan fingerprint density at radius 3 is 1.98 bits per heavy atom. The topological polar surface area (TPSA) is 150 Å². The molecule has 2 amide bonds. The number of hydrogen-bond acceptors (Lipinski definition) is 10. The van der Waals surface area contributed by atoms with Gasteiger partial charge in [0.1, 0.15) is 12.2 Å². The number of methoxy groups -OCH3 is 1. The molecule has 12 nitrogen and oxygen atoms in total. The van der Waals surface area contributed by atoms with E-state index in [9.17, 15) is 45.9 Å². The van der Waals surface area contributed by atoms with Gasteiger partial charge in [-0.3, -0.25) is 29.0 Å². The van der Waals surface area contributed by atoms with Crippen LogP contribution in [0, 0.1) is 11.6 Å². The van der Waals surface area contributed by atoms with Crippen LogP contribution in [0.2, 0.25) is 0 Å². The lowest BCUT2D eigenvalue weighted by atomic mass is 9.84. The lowest BCUT2D eigenvalue weighted by Gasteiger charge is -2.27. The van der Waals surface area contributed by atoms with E-state index in [4.69, 9.17) is 9.47 Å². The number of aromatic nitrogens is 1. The van der Waals surface area contributed by atoms with Crippen molar-refractivity contribution in [3.63, 3.8) is 0 Å². The summed E-state index contributed by atoms with van der Waals surface area (Å²) in [6.45, 7) is 2.95. The molecule has 0 radical (unpaired) electrons. The van der Waals surface area contributed by atoms with Crippen LogP contribution in [-0.2, 0) is 40.2 Å². The van der Waals surface area contributed by atoms with Gasteiger partial charge in [-0.1, -0.05) is 36.4 Å². The molecule has 1 aromatic heterocycles. The van der Waals surface area contributed by atoms with E-state index in [0.717, 1.165) is 30.2 Å². The van der Waals surface area contributed by atoms with Gasteiger partial charge in [0.05, 0.1) is 37.3 Å². The van der Waals surface area contributed by atoms with Crippen molar-refractivity contribution < 1.29 is 64.9 Å². The number of nitrogens with one attached hydrogen (secondary N) is 1. The molecule has 292 valence electrons. The zero-order chi connectivity index (χ0) is 40.9. The Balaban J connectivity index is 0.000000332. The Hall–Kier alpha value is -6.39. The Kier molecular flexibility index (Phi) is 14.9. The lowest BCUT2D eigenvalue weighted by molar-refractivity contribution is -0.169. The first kappa shape index (κ1) is 43.0. The number of carbonyl (C=O) groups excluding carboxylic acids is 5. The quantitative estimate of drug-likeness (QED) is 0.0545. The molecule has 1 N–H and O–H groups in total. The molecule has 4 rings (SSSR count). The zero-order valence-electron chi connectivity index (χ0n) is 30.2. The molecule has 0 aliphatic carbocycles. The first-order valence-electron chi connectivity index (χ1n) is 16.3. The van der Waals surface area contributed by atoms with Gasteiger partial charge < -0.3 is 29.2 Å². The molecular formula is C38H36F5N3O9. The fraction of sp³-hybridized carbons (Fsp3) is 0.263. The highest BCUT2D eigenvalue weighted by molar-refractivity contribution is 6.12. The minimum absolute atomic E-state index is 0.0159. The highest BCUT2D eigenvalue weighted by atomic mass is 19.4. The number of ether oxygens (including phenoxy) is 4. The number of pyridine rings is 1. The second-order valence-electron chi connectivity index (χ2n) is 11.4. The van der Waals surface area contributed by atoms with Crippen LogP contribution in [-0.4, -0.2) is 81.1 Å². The first-order chi connectivity index (χ1) is 26.1. The van der Waals surface area contributed by atoms with E-state index in [2.05, 4.69) is 19.8 Å². The smallest absolute Gasteiger partial charge is 0.416 e. The van der Waals surface area contributed by atoms with Crippen LogP contribution >= 0.6 is 0 Å². The van der Waals surface area contributed by atoms with Gasteiger partial charge in [0.25, 0.3) is 18.3 Å². The highest BCUT2D eigenvalue weighted by Crippen LogP contribution is 2.34. The van der Waals surface area contributed by atoms with E-state index in [-0.39, 0.29) is 36.5 Å². The Bertz CT molecular complexity index is 1970. The van der Waals surface area contributed by atoms with Gasteiger partial charge in [-0.05, 0) is 55.3 Å². The molecule has 0 spiro atoms.